The number of rotatable bonds is 3. The van der Waals surface area contributed by atoms with Gasteiger partial charge in [0, 0.05) is 23.8 Å². The number of aromatic nitrogens is 2. The van der Waals surface area contributed by atoms with E-state index in [0.717, 1.165) is 0 Å². The fourth-order valence-electron chi connectivity index (χ4n) is 1.37. The van der Waals surface area contributed by atoms with Gasteiger partial charge in [0.1, 0.15) is 5.69 Å². The zero-order valence-corrected chi connectivity index (χ0v) is 9.70. The summed E-state index contributed by atoms with van der Waals surface area (Å²) >= 11 is 0. The summed E-state index contributed by atoms with van der Waals surface area (Å²) in [5.41, 5.74) is 1.16. The van der Waals surface area contributed by atoms with Crippen LogP contribution in [0, 0.1) is 0 Å². The van der Waals surface area contributed by atoms with Crippen LogP contribution in [-0.2, 0) is 0 Å². The zero-order chi connectivity index (χ0) is 13.7. The highest BCUT2D eigenvalue weighted by molar-refractivity contribution is 6.02. The summed E-state index contributed by atoms with van der Waals surface area (Å²) in [6, 6.07) is 6.25. The Balaban J connectivity index is 2.04. The first-order valence-electron chi connectivity index (χ1n) is 5.32. The lowest BCUT2D eigenvalue weighted by atomic mass is 10.2. The van der Waals surface area contributed by atoms with Gasteiger partial charge in [-0.25, -0.2) is 9.78 Å². The average Bonchev–Trinajstić information content (AvgIpc) is 2.41. The Kier molecular flexibility index (Phi) is 3.67. The molecule has 1 aromatic heterocycles. The third kappa shape index (κ3) is 3.50. The molecule has 0 radical (unpaired) electrons. The van der Waals surface area contributed by atoms with Crippen molar-refractivity contribution in [3.8, 4) is 0 Å². The predicted molar refractivity (Wildman–Crippen MR) is 68.1 cm³/mol. The number of benzene rings is 1. The van der Waals surface area contributed by atoms with Gasteiger partial charge in [0.2, 0.25) is 0 Å². The van der Waals surface area contributed by atoms with Crippen molar-refractivity contribution in [2.24, 2.45) is 0 Å². The number of amides is 2. The standard InChI is InChI=1S/C12H10N4O3/c17-11(10-7-13-5-6-14-10)15-8-1-3-9(4-2-8)16-12(18)19/h1-7,16H,(H,15,17)(H,18,19). The van der Waals surface area contributed by atoms with E-state index in [0.29, 0.717) is 11.4 Å². The molecule has 19 heavy (non-hydrogen) atoms. The molecule has 3 N–H and O–H groups in total. The highest BCUT2D eigenvalue weighted by Gasteiger charge is 2.07. The predicted octanol–water partition coefficient (Wildman–Crippen LogP) is 1.82. The van der Waals surface area contributed by atoms with Crippen molar-refractivity contribution in [2.45, 2.75) is 0 Å². The second kappa shape index (κ2) is 5.58. The minimum absolute atomic E-state index is 0.204. The first-order valence-corrected chi connectivity index (χ1v) is 5.32. The van der Waals surface area contributed by atoms with Crippen LogP contribution in [0.15, 0.2) is 42.9 Å². The maximum Gasteiger partial charge on any atom is 0.409 e. The summed E-state index contributed by atoms with van der Waals surface area (Å²) in [5, 5.41) is 13.4. The number of carbonyl (C=O) groups excluding carboxylic acids is 1. The average molecular weight is 258 g/mol. The smallest absolute Gasteiger partial charge is 0.409 e. The first kappa shape index (κ1) is 12.5. The molecule has 1 heterocycles. The van der Waals surface area contributed by atoms with Crippen molar-refractivity contribution in [1.29, 1.82) is 0 Å². The molecule has 1 aromatic carbocycles. The zero-order valence-electron chi connectivity index (χ0n) is 9.70. The molecule has 0 fully saturated rings. The molecule has 7 heteroatoms. The molecule has 0 unspecified atom stereocenters. The van der Waals surface area contributed by atoms with Gasteiger partial charge < -0.3 is 10.4 Å². The molecule has 0 bridgehead atoms. The second-order valence-corrected chi connectivity index (χ2v) is 3.55. The van der Waals surface area contributed by atoms with Crippen LogP contribution in [-0.4, -0.2) is 27.1 Å². The number of hydrogen-bond donors (Lipinski definition) is 3. The quantitative estimate of drug-likeness (QED) is 0.778. The Morgan fingerprint density at radius 1 is 1.00 bits per heavy atom. The van der Waals surface area contributed by atoms with Gasteiger partial charge in [0.25, 0.3) is 5.91 Å². The lowest BCUT2D eigenvalue weighted by molar-refractivity contribution is 0.102. The van der Waals surface area contributed by atoms with Gasteiger partial charge in [-0.1, -0.05) is 0 Å². The van der Waals surface area contributed by atoms with Crippen molar-refractivity contribution < 1.29 is 14.7 Å². The van der Waals surface area contributed by atoms with Crippen LogP contribution in [0.4, 0.5) is 16.2 Å². The van der Waals surface area contributed by atoms with E-state index in [1.54, 1.807) is 24.3 Å². The fourth-order valence-corrected chi connectivity index (χ4v) is 1.37. The molecule has 0 saturated heterocycles. The number of nitrogens with zero attached hydrogens (tertiary/aromatic N) is 2. The monoisotopic (exact) mass is 258 g/mol. The summed E-state index contributed by atoms with van der Waals surface area (Å²) in [7, 11) is 0. The Morgan fingerprint density at radius 2 is 1.63 bits per heavy atom. The maximum absolute atomic E-state index is 11.8. The van der Waals surface area contributed by atoms with Crippen LogP contribution >= 0.6 is 0 Å². The minimum Gasteiger partial charge on any atom is -0.465 e. The Bertz CT molecular complexity index is 584. The number of carbonyl (C=O) groups is 2. The summed E-state index contributed by atoms with van der Waals surface area (Å²) in [6.07, 6.45) is 3.12. The van der Waals surface area contributed by atoms with Crippen molar-refractivity contribution in [3.63, 3.8) is 0 Å². The molecule has 0 saturated carbocycles. The van der Waals surface area contributed by atoms with Crippen LogP contribution in [0.1, 0.15) is 10.5 Å². The number of anilines is 2. The molecular formula is C12H10N4O3. The minimum atomic E-state index is -1.14. The molecule has 0 aliphatic carbocycles. The molecular weight excluding hydrogens is 248 g/mol. The number of nitrogens with one attached hydrogen (secondary N) is 2. The Labute approximate surface area is 108 Å². The van der Waals surface area contributed by atoms with Crippen LogP contribution in [0.5, 0.6) is 0 Å². The molecule has 2 aromatic rings. The van der Waals surface area contributed by atoms with Crippen molar-refractivity contribution in [3.05, 3.63) is 48.5 Å². The Morgan fingerprint density at radius 3 is 2.16 bits per heavy atom. The van der Waals surface area contributed by atoms with Crippen molar-refractivity contribution in [2.75, 3.05) is 10.6 Å². The van der Waals surface area contributed by atoms with Crippen LogP contribution in [0.2, 0.25) is 0 Å². The fraction of sp³-hybridized carbons (Fsp3) is 0. The molecule has 2 amide bonds. The van der Waals surface area contributed by atoms with Crippen molar-refractivity contribution in [1.82, 2.24) is 9.97 Å². The highest BCUT2D eigenvalue weighted by Crippen LogP contribution is 2.14. The lowest BCUT2D eigenvalue weighted by Crippen LogP contribution is -2.14. The second-order valence-electron chi connectivity index (χ2n) is 3.55. The van der Waals surface area contributed by atoms with E-state index in [2.05, 4.69) is 20.6 Å². The van der Waals surface area contributed by atoms with E-state index < -0.39 is 6.09 Å². The molecule has 0 spiro atoms. The van der Waals surface area contributed by atoms with Gasteiger partial charge in [-0.15, -0.1) is 0 Å². The van der Waals surface area contributed by atoms with E-state index in [-0.39, 0.29) is 11.6 Å². The molecule has 0 aliphatic rings. The summed E-state index contributed by atoms with van der Waals surface area (Å²) < 4.78 is 0. The van der Waals surface area contributed by atoms with Crippen LogP contribution in [0.25, 0.3) is 0 Å². The largest absolute Gasteiger partial charge is 0.465 e. The van der Waals surface area contributed by atoms with E-state index >= 15 is 0 Å². The first-order chi connectivity index (χ1) is 9.15. The molecule has 0 aliphatic heterocycles. The normalized spacial score (nSPS) is 9.68. The van der Waals surface area contributed by atoms with E-state index in [4.69, 9.17) is 5.11 Å². The summed E-state index contributed by atoms with van der Waals surface area (Å²) in [4.78, 5) is 29.8. The van der Waals surface area contributed by atoms with Gasteiger partial charge in [0.05, 0.1) is 6.20 Å². The van der Waals surface area contributed by atoms with Crippen molar-refractivity contribution >= 4 is 23.4 Å². The van der Waals surface area contributed by atoms with Gasteiger partial charge in [-0.05, 0) is 24.3 Å². The number of hydrogen-bond acceptors (Lipinski definition) is 4. The molecule has 2 rings (SSSR count). The van der Waals surface area contributed by atoms with Gasteiger partial charge in [0.15, 0.2) is 0 Å². The van der Waals surface area contributed by atoms with Crippen LogP contribution < -0.4 is 10.6 Å². The van der Waals surface area contributed by atoms with E-state index in [9.17, 15) is 9.59 Å². The summed E-state index contributed by atoms with van der Waals surface area (Å²) in [5.74, 6) is -0.382. The summed E-state index contributed by atoms with van der Waals surface area (Å²) in [6.45, 7) is 0. The maximum atomic E-state index is 11.8. The molecule has 7 nitrogen and oxygen atoms in total. The lowest BCUT2D eigenvalue weighted by Gasteiger charge is -2.05. The van der Waals surface area contributed by atoms with Crippen LogP contribution in [0.3, 0.4) is 0 Å². The topological polar surface area (TPSA) is 104 Å². The number of carboxylic acid groups (broad SMARTS) is 1. The highest BCUT2D eigenvalue weighted by atomic mass is 16.4. The van der Waals surface area contributed by atoms with Gasteiger partial charge in [-0.2, -0.15) is 0 Å². The van der Waals surface area contributed by atoms with Gasteiger partial charge >= 0.3 is 6.09 Å². The van der Waals surface area contributed by atoms with E-state index in [1.807, 2.05) is 0 Å². The Hall–Kier alpha value is -2.96. The van der Waals surface area contributed by atoms with Gasteiger partial charge in [-0.3, -0.25) is 15.1 Å². The van der Waals surface area contributed by atoms with E-state index in [1.165, 1.54) is 18.6 Å². The molecule has 0 atom stereocenters. The third-order valence-electron chi connectivity index (χ3n) is 2.19. The SMILES string of the molecule is O=C(O)Nc1ccc(NC(=O)c2cnccn2)cc1. The molecule has 96 valence electrons. The third-order valence-corrected chi connectivity index (χ3v) is 2.19.